The topological polar surface area (TPSA) is 114 Å². The van der Waals surface area contributed by atoms with E-state index in [0.29, 0.717) is 38.9 Å². The largest absolute Gasteiger partial charge is 0.480 e. The molecule has 1 saturated carbocycles. The number of nitrogens with one attached hydrogen (secondary N) is 2. The number of amides is 2. The van der Waals surface area contributed by atoms with Crippen molar-refractivity contribution in [3.8, 4) is 11.1 Å². The van der Waals surface area contributed by atoms with Gasteiger partial charge in [0.1, 0.15) is 12.1 Å². The zero-order valence-corrected chi connectivity index (χ0v) is 19.5. The van der Waals surface area contributed by atoms with Crippen molar-refractivity contribution < 1.29 is 29.0 Å². The normalized spacial score (nSPS) is 19.5. The molecule has 2 aliphatic carbocycles. The molecule has 1 heterocycles. The van der Waals surface area contributed by atoms with Crippen molar-refractivity contribution in [2.75, 3.05) is 19.8 Å². The van der Waals surface area contributed by atoms with Crippen LogP contribution in [0.25, 0.3) is 11.1 Å². The lowest BCUT2D eigenvalue weighted by molar-refractivity contribution is -0.152. The molecule has 1 aliphatic heterocycles. The van der Waals surface area contributed by atoms with Crippen molar-refractivity contribution >= 4 is 18.0 Å². The summed E-state index contributed by atoms with van der Waals surface area (Å²) in [5.74, 6) is -1.45. The molecule has 8 nitrogen and oxygen atoms in total. The summed E-state index contributed by atoms with van der Waals surface area (Å²) in [4.78, 5) is 37.4. The van der Waals surface area contributed by atoms with Crippen molar-refractivity contribution in [3.63, 3.8) is 0 Å². The molecule has 3 N–H and O–H groups in total. The highest BCUT2D eigenvalue weighted by atomic mass is 16.5. The number of ether oxygens (including phenoxy) is 2. The predicted molar refractivity (Wildman–Crippen MR) is 128 cm³/mol. The van der Waals surface area contributed by atoms with E-state index in [1.54, 1.807) is 0 Å². The van der Waals surface area contributed by atoms with Crippen LogP contribution < -0.4 is 10.6 Å². The third-order valence-corrected chi connectivity index (χ3v) is 7.65. The van der Waals surface area contributed by atoms with Gasteiger partial charge in [0.15, 0.2) is 0 Å². The first kappa shape index (κ1) is 23.4. The van der Waals surface area contributed by atoms with Crippen LogP contribution in [0.1, 0.15) is 55.6 Å². The maximum Gasteiger partial charge on any atom is 0.407 e. The van der Waals surface area contributed by atoms with E-state index in [1.165, 1.54) is 0 Å². The van der Waals surface area contributed by atoms with Crippen molar-refractivity contribution in [3.05, 3.63) is 59.7 Å². The molecule has 0 bridgehead atoms. The lowest BCUT2D eigenvalue weighted by Crippen LogP contribution is -2.61. The van der Waals surface area contributed by atoms with Gasteiger partial charge in [-0.25, -0.2) is 9.59 Å². The van der Waals surface area contributed by atoms with Crippen molar-refractivity contribution in [2.45, 2.75) is 55.5 Å². The van der Waals surface area contributed by atoms with E-state index in [4.69, 9.17) is 9.47 Å². The standard InChI is InChI=1S/C27H30N2O6/c30-23(28-27(24(31)32)10-5-11-27)16-26(12-14-34-15-13-26)29-25(33)35-17-22-20-8-3-1-6-18(20)19-7-2-4-9-21(19)22/h1-4,6-9,22H,5,10-17H2,(H,28,30)(H,29,33)(H,31,32). The first-order valence-electron chi connectivity index (χ1n) is 12.2. The van der Waals surface area contributed by atoms with Gasteiger partial charge >= 0.3 is 12.1 Å². The Morgan fingerprint density at radius 1 is 0.914 bits per heavy atom. The van der Waals surface area contributed by atoms with Crippen LogP contribution in [0.15, 0.2) is 48.5 Å². The lowest BCUT2D eigenvalue weighted by atomic mass is 9.76. The average Bonchev–Trinajstić information content (AvgIpc) is 3.14. The number of fused-ring (bicyclic) bond motifs is 3. The monoisotopic (exact) mass is 478 g/mol. The number of hydrogen-bond acceptors (Lipinski definition) is 5. The molecule has 0 atom stereocenters. The summed E-state index contributed by atoms with van der Waals surface area (Å²) in [5, 5.41) is 15.2. The van der Waals surface area contributed by atoms with E-state index in [-0.39, 0.29) is 24.9 Å². The first-order chi connectivity index (χ1) is 16.9. The molecule has 1 saturated heterocycles. The Bertz CT molecular complexity index is 1090. The van der Waals surface area contributed by atoms with Gasteiger partial charge in [0, 0.05) is 19.1 Å². The summed E-state index contributed by atoms with van der Waals surface area (Å²) in [5.41, 5.74) is 2.53. The minimum atomic E-state index is -1.19. The fraction of sp³-hybridized carbons (Fsp3) is 0.444. The van der Waals surface area contributed by atoms with E-state index < -0.39 is 23.1 Å². The van der Waals surface area contributed by atoms with Crippen molar-refractivity contribution in [2.24, 2.45) is 0 Å². The molecular weight excluding hydrogens is 448 g/mol. The Kier molecular flexibility index (Phi) is 6.23. The van der Waals surface area contributed by atoms with Gasteiger partial charge in [0.2, 0.25) is 5.91 Å². The Hall–Kier alpha value is -3.39. The maximum atomic E-state index is 12.9. The minimum Gasteiger partial charge on any atom is -0.480 e. The second-order valence-electron chi connectivity index (χ2n) is 9.81. The van der Waals surface area contributed by atoms with Gasteiger partial charge in [-0.2, -0.15) is 0 Å². The van der Waals surface area contributed by atoms with Gasteiger partial charge in [0.25, 0.3) is 0 Å². The molecule has 0 aromatic heterocycles. The number of carboxylic acids is 1. The summed E-state index contributed by atoms with van der Waals surface area (Å²) in [6.07, 6.45) is 1.90. The van der Waals surface area contributed by atoms with E-state index in [1.807, 2.05) is 24.3 Å². The molecule has 3 aliphatic rings. The molecule has 35 heavy (non-hydrogen) atoms. The molecule has 0 radical (unpaired) electrons. The van der Waals surface area contributed by atoms with E-state index >= 15 is 0 Å². The van der Waals surface area contributed by atoms with Crippen LogP contribution in [0.3, 0.4) is 0 Å². The molecule has 0 unspecified atom stereocenters. The number of hydrogen-bond donors (Lipinski definition) is 3. The van der Waals surface area contributed by atoms with Crippen LogP contribution in [0.5, 0.6) is 0 Å². The Labute approximate surface area is 204 Å². The maximum absolute atomic E-state index is 12.9. The highest BCUT2D eigenvalue weighted by Crippen LogP contribution is 2.44. The highest BCUT2D eigenvalue weighted by Gasteiger charge is 2.47. The minimum absolute atomic E-state index is 0.0183. The molecule has 2 aromatic rings. The third kappa shape index (κ3) is 4.50. The Balaban J connectivity index is 1.25. The fourth-order valence-electron chi connectivity index (χ4n) is 5.50. The molecule has 2 aromatic carbocycles. The van der Waals surface area contributed by atoms with Crippen molar-refractivity contribution in [1.29, 1.82) is 0 Å². The number of rotatable bonds is 7. The molecule has 2 amide bonds. The van der Waals surface area contributed by atoms with Gasteiger partial charge in [0.05, 0.1) is 12.0 Å². The predicted octanol–water partition coefficient (Wildman–Crippen LogP) is 3.59. The van der Waals surface area contributed by atoms with Crippen LogP contribution in [-0.2, 0) is 19.1 Å². The number of carbonyl (C=O) groups is 3. The molecular formula is C27H30N2O6. The number of carboxylic acid groups (broad SMARTS) is 1. The van der Waals surface area contributed by atoms with Gasteiger partial charge in [-0.05, 0) is 54.4 Å². The van der Waals surface area contributed by atoms with Crippen LogP contribution in [0, 0.1) is 0 Å². The van der Waals surface area contributed by atoms with E-state index in [0.717, 1.165) is 28.7 Å². The van der Waals surface area contributed by atoms with Gasteiger partial charge < -0.3 is 25.2 Å². The average molecular weight is 479 g/mol. The van der Waals surface area contributed by atoms with Crippen LogP contribution in [0.2, 0.25) is 0 Å². The van der Waals surface area contributed by atoms with Gasteiger partial charge in [-0.1, -0.05) is 48.5 Å². The number of alkyl carbamates (subject to hydrolysis) is 1. The molecule has 184 valence electrons. The van der Waals surface area contributed by atoms with Crippen molar-refractivity contribution in [1.82, 2.24) is 10.6 Å². The van der Waals surface area contributed by atoms with E-state index in [2.05, 4.69) is 34.9 Å². The molecule has 0 spiro atoms. The molecule has 5 rings (SSSR count). The molecule has 8 heteroatoms. The van der Waals surface area contributed by atoms with Gasteiger partial charge in [-0.15, -0.1) is 0 Å². The zero-order valence-electron chi connectivity index (χ0n) is 19.5. The summed E-state index contributed by atoms with van der Waals surface area (Å²) in [6, 6.07) is 16.3. The third-order valence-electron chi connectivity index (χ3n) is 7.65. The fourth-order valence-corrected chi connectivity index (χ4v) is 5.50. The van der Waals surface area contributed by atoms with Crippen LogP contribution >= 0.6 is 0 Å². The smallest absolute Gasteiger partial charge is 0.407 e. The number of carbonyl (C=O) groups excluding carboxylic acids is 2. The van der Waals surface area contributed by atoms with Crippen LogP contribution in [0.4, 0.5) is 4.79 Å². The Morgan fingerprint density at radius 2 is 1.51 bits per heavy atom. The first-order valence-corrected chi connectivity index (χ1v) is 12.2. The van der Waals surface area contributed by atoms with Gasteiger partial charge in [-0.3, -0.25) is 4.79 Å². The highest BCUT2D eigenvalue weighted by molar-refractivity contribution is 5.88. The molecule has 2 fully saturated rings. The Morgan fingerprint density at radius 3 is 2.06 bits per heavy atom. The number of aliphatic carboxylic acids is 1. The summed E-state index contributed by atoms with van der Waals surface area (Å²) in [6.45, 7) is 0.989. The zero-order chi connectivity index (χ0) is 24.5. The summed E-state index contributed by atoms with van der Waals surface area (Å²) < 4.78 is 11.2. The van der Waals surface area contributed by atoms with Crippen LogP contribution in [-0.4, -0.2) is 54.0 Å². The van der Waals surface area contributed by atoms with E-state index in [9.17, 15) is 19.5 Å². The number of benzene rings is 2. The summed E-state index contributed by atoms with van der Waals surface area (Å²) >= 11 is 0. The quantitative estimate of drug-likeness (QED) is 0.561. The lowest BCUT2D eigenvalue weighted by Gasteiger charge is -2.41. The summed E-state index contributed by atoms with van der Waals surface area (Å²) in [7, 11) is 0. The SMILES string of the molecule is O=C(CC1(NC(=O)OCC2c3ccccc3-c3ccccc32)CCOCC1)NC1(C(=O)O)CCC1. The second kappa shape index (κ2) is 9.34. The second-order valence-corrected chi connectivity index (χ2v) is 9.81.